The van der Waals surface area contributed by atoms with E-state index >= 15 is 0 Å². The van der Waals surface area contributed by atoms with Gasteiger partial charge in [0.15, 0.2) is 0 Å². The number of benzene rings is 2. The summed E-state index contributed by atoms with van der Waals surface area (Å²) in [5, 5.41) is 2.93. The minimum atomic E-state index is -3.40. The predicted molar refractivity (Wildman–Crippen MR) is 110 cm³/mol. The van der Waals surface area contributed by atoms with Crippen LogP contribution in [0.2, 0.25) is 0 Å². The van der Waals surface area contributed by atoms with Crippen LogP contribution in [-0.2, 0) is 27.8 Å². The smallest absolute Gasteiger partial charge is 0.243 e. The standard InChI is InChI=1S/C22H28N2O3S/c1-18-6-5-7-20(16-18)17-23-22(25)13-10-19-8-11-21(12-9-19)28(26,27)24-14-3-2-4-15-24/h5-9,11-12,16H,2-4,10,13-15,17H2,1H3,(H,23,25). The van der Waals surface area contributed by atoms with Gasteiger partial charge in [0.25, 0.3) is 0 Å². The van der Waals surface area contributed by atoms with Crippen molar-refractivity contribution in [3.63, 3.8) is 0 Å². The maximum atomic E-state index is 12.7. The van der Waals surface area contributed by atoms with Crippen LogP contribution in [0.3, 0.4) is 0 Å². The van der Waals surface area contributed by atoms with Crippen molar-refractivity contribution < 1.29 is 13.2 Å². The molecule has 0 bridgehead atoms. The van der Waals surface area contributed by atoms with Gasteiger partial charge in [-0.1, -0.05) is 48.4 Å². The first-order valence-electron chi connectivity index (χ1n) is 9.86. The van der Waals surface area contributed by atoms with Gasteiger partial charge in [-0.2, -0.15) is 4.31 Å². The van der Waals surface area contributed by atoms with E-state index in [2.05, 4.69) is 11.4 Å². The summed E-state index contributed by atoms with van der Waals surface area (Å²) in [6, 6.07) is 15.0. The molecule has 1 amide bonds. The third-order valence-corrected chi connectivity index (χ3v) is 7.00. The molecule has 1 aliphatic rings. The highest BCUT2D eigenvalue weighted by molar-refractivity contribution is 7.89. The summed E-state index contributed by atoms with van der Waals surface area (Å²) in [6.07, 6.45) is 3.91. The fraction of sp³-hybridized carbons (Fsp3) is 0.409. The molecule has 2 aromatic rings. The van der Waals surface area contributed by atoms with E-state index in [0.29, 0.717) is 37.4 Å². The van der Waals surface area contributed by atoms with Crippen LogP contribution >= 0.6 is 0 Å². The number of sulfonamides is 1. The van der Waals surface area contributed by atoms with Gasteiger partial charge in [0.1, 0.15) is 0 Å². The molecule has 0 atom stereocenters. The molecule has 1 N–H and O–H groups in total. The lowest BCUT2D eigenvalue weighted by Gasteiger charge is -2.25. The minimum absolute atomic E-state index is 0.00785. The fourth-order valence-electron chi connectivity index (χ4n) is 3.45. The highest BCUT2D eigenvalue weighted by atomic mass is 32.2. The topological polar surface area (TPSA) is 66.5 Å². The summed E-state index contributed by atoms with van der Waals surface area (Å²) < 4.78 is 26.9. The monoisotopic (exact) mass is 400 g/mol. The molecular weight excluding hydrogens is 372 g/mol. The number of piperidine rings is 1. The largest absolute Gasteiger partial charge is 0.352 e. The summed E-state index contributed by atoms with van der Waals surface area (Å²) in [5.41, 5.74) is 3.22. The molecule has 0 spiro atoms. The second-order valence-electron chi connectivity index (χ2n) is 7.37. The lowest BCUT2D eigenvalue weighted by atomic mass is 10.1. The van der Waals surface area contributed by atoms with E-state index in [0.717, 1.165) is 30.4 Å². The lowest BCUT2D eigenvalue weighted by Crippen LogP contribution is -2.35. The van der Waals surface area contributed by atoms with Crippen molar-refractivity contribution >= 4 is 15.9 Å². The molecule has 150 valence electrons. The van der Waals surface area contributed by atoms with E-state index in [1.165, 1.54) is 5.56 Å². The molecule has 3 rings (SSSR count). The molecule has 1 heterocycles. The number of carbonyl (C=O) groups excluding carboxylic acids is 1. The number of hydrogen-bond acceptors (Lipinski definition) is 3. The zero-order valence-electron chi connectivity index (χ0n) is 16.4. The van der Waals surface area contributed by atoms with E-state index in [1.807, 2.05) is 37.3 Å². The van der Waals surface area contributed by atoms with Crippen molar-refractivity contribution in [1.29, 1.82) is 0 Å². The number of nitrogens with one attached hydrogen (secondary N) is 1. The second kappa shape index (κ2) is 9.34. The quantitative estimate of drug-likeness (QED) is 0.774. The van der Waals surface area contributed by atoms with E-state index < -0.39 is 10.0 Å². The molecule has 0 radical (unpaired) electrons. The zero-order valence-corrected chi connectivity index (χ0v) is 17.2. The number of rotatable bonds is 7. The average molecular weight is 401 g/mol. The predicted octanol–water partition coefficient (Wildman–Crippen LogP) is 3.42. The summed E-state index contributed by atoms with van der Waals surface area (Å²) in [4.78, 5) is 12.4. The molecule has 0 unspecified atom stereocenters. The highest BCUT2D eigenvalue weighted by Gasteiger charge is 2.25. The molecule has 0 aliphatic carbocycles. The fourth-order valence-corrected chi connectivity index (χ4v) is 4.97. The van der Waals surface area contributed by atoms with Crippen molar-refractivity contribution in [2.45, 2.75) is 50.5 Å². The van der Waals surface area contributed by atoms with Crippen molar-refractivity contribution in [1.82, 2.24) is 9.62 Å². The Labute approximate surface area is 167 Å². The maximum absolute atomic E-state index is 12.7. The summed E-state index contributed by atoms with van der Waals surface area (Å²) in [6.45, 7) is 3.75. The van der Waals surface area contributed by atoms with Gasteiger partial charge in [0.05, 0.1) is 4.90 Å². The summed E-state index contributed by atoms with van der Waals surface area (Å²) in [7, 11) is -3.40. The van der Waals surface area contributed by atoms with Gasteiger partial charge in [-0.05, 0) is 49.4 Å². The van der Waals surface area contributed by atoms with Crippen LogP contribution in [0.25, 0.3) is 0 Å². The molecule has 5 nitrogen and oxygen atoms in total. The van der Waals surface area contributed by atoms with Gasteiger partial charge in [-0.15, -0.1) is 0 Å². The summed E-state index contributed by atoms with van der Waals surface area (Å²) >= 11 is 0. The average Bonchev–Trinajstić information content (AvgIpc) is 2.72. The first-order valence-corrected chi connectivity index (χ1v) is 11.3. The minimum Gasteiger partial charge on any atom is -0.352 e. The lowest BCUT2D eigenvalue weighted by molar-refractivity contribution is -0.121. The third-order valence-electron chi connectivity index (χ3n) is 5.09. The van der Waals surface area contributed by atoms with Gasteiger partial charge < -0.3 is 5.32 Å². The Morgan fingerprint density at radius 1 is 1.00 bits per heavy atom. The van der Waals surface area contributed by atoms with Crippen LogP contribution in [0.15, 0.2) is 53.4 Å². The Kier molecular flexibility index (Phi) is 6.86. The van der Waals surface area contributed by atoms with Gasteiger partial charge in [0.2, 0.25) is 15.9 Å². The first kappa shape index (κ1) is 20.6. The number of amides is 1. The number of nitrogens with zero attached hydrogens (tertiary/aromatic N) is 1. The van der Waals surface area contributed by atoms with Crippen molar-refractivity contribution in [3.05, 3.63) is 65.2 Å². The van der Waals surface area contributed by atoms with Gasteiger partial charge in [-0.3, -0.25) is 4.79 Å². The Balaban J connectivity index is 1.50. The van der Waals surface area contributed by atoms with Crippen LogP contribution in [0.1, 0.15) is 42.4 Å². The number of aryl methyl sites for hydroxylation is 2. The van der Waals surface area contributed by atoms with Crippen LogP contribution in [0, 0.1) is 6.92 Å². The SMILES string of the molecule is Cc1cccc(CNC(=O)CCc2ccc(S(=O)(=O)N3CCCCC3)cc2)c1. The Morgan fingerprint density at radius 3 is 2.39 bits per heavy atom. The van der Waals surface area contributed by atoms with Crippen molar-refractivity contribution in [2.24, 2.45) is 0 Å². The summed E-state index contributed by atoms with van der Waals surface area (Å²) in [5.74, 6) is -0.00785. The zero-order chi connectivity index (χ0) is 20.0. The molecule has 1 aliphatic heterocycles. The Bertz CT molecular complexity index is 902. The molecule has 28 heavy (non-hydrogen) atoms. The number of carbonyl (C=O) groups is 1. The van der Waals surface area contributed by atoms with Gasteiger partial charge in [-0.25, -0.2) is 8.42 Å². The molecule has 1 fully saturated rings. The van der Waals surface area contributed by atoms with Crippen molar-refractivity contribution in [2.75, 3.05) is 13.1 Å². The second-order valence-corrected chi connectivity index (χ2v) is 9.31. The molecule has 6 heteroatoms. The van der Waals surface area contributed by atoms with Crippen LogP contribution in [0.5, 0.6) is 0 Å². The Hall–Kier alpha value is -2.18. The molecule has 2 aromatic carbocycles. The normalized spacial score (nSPS) is 15.3. The van der Waals surface area contributed by atoms with E-state index in [9.17, 15) is 13.2 Å². The van der Waals surface area contributed by atoms with E-state index in [4.69, 9.17) is 0 Å². The Morgan fingerprint density at radius 2 is 1.71 bits per heavy atom. The molecular formula is C22H28N2O3S. The first-order chi connectivity index (χ1) is 13.4. The highest BCUT2D eigenvalue weighted by Crippen LogP contribution is 2.21. The van der Waals surface area contributed by atoms with Gasteiger partial charge >= 0.3 is 0 Å². The van der Waals surface area contributed by atoms with Crippen LogP contribution in [0.4, 0.5) is 0 Å². The number of hydrogen-bond donors (Lipinski definition) is 1. The van der Waals surface area contributed by atoms with Crippen molar-refractivity contribution in [3.8, 4) is 0 Å². The van der Waals surface area contributed by atoms with Crippen LogP contribution < -0.4 is 5.32 Å². The van der Waals surface area contributed by atoms with E-state index in [-0.39, 0.29) is 5.91 Å². The molecule has 0 aromatic heterocycles. The molecule has 0 saturated carbocycles. The van der Waals surface area contributed by atoms with Crippen LogP contribution in [-0.4, -0.2) is 31.7 Å². The van der Waals surface area contributed by atoms with E-state index in [1.54, 1.807) is 16.4 Å². The van der Waals surface area contributed by atoms with Gasteiger partial charge in [0, 0.05) is 26.1 Å². The third kappa shape index (κ3) is 5.42. The molecule has 1 saturated heterocycles. The maximum Gasteiger partial charge on any atom is 0.243 e.